The molecule has 0 bridgehead atoms. The Hall–Kier alpha value is -2.73. The number of halogens is 1. The Kier molecular flexibility index (Phi) is 7.26. The van der Waals surface area contributed by atoms with Gasteiger partial charge in [0, 0.05) is 0 Å². The number of rotatable bonds is 6. The molecule has 0 radical (unpaired) electrons. The molecule has 0 saturated carbocycles. The molecule has 2 aromatic carbocycles. The minimum Gasteiger partial charge on any atom is -0.495 e. The predicted octanol–water partition coefficient (Wildman–Crippen LogP) is 3.48. The van der Waals surface area contributed by atoms with Crippen LogP contribution in [0.2, 0.25) is 0 Å². The maximum atomic E-state index is 6.06. The molecule has 0 aliphatic heterocycles. The van der Waals surface area contributed by atoms with Gasteiger partial charge in [-0.3, -0.25) is 0 Å². The van der Waals surface area contributed by atoms with E-state index < -0.39 is 0 Å². The average Bonchev–Trinajstić information content (AvgIpc) is 2.61. The largest absolute Gasteiger partial charge is 0.495 e. The summed E-state index contributed by atoms with van der Waals surface area (Å²) >= 11 is 0. The fourth-order valence-electron chi connectivity index (χ4n) is 2.34. The van der Waals surface area contributed by atoms with E-state index in [0.29, 0.717) is 34.4 Å². The van der Waals surface area contributed by atoms with Crippen molar-refractivity contribution < 1.29 is 18.9 Å². The maximum Gasteiger partial charge on any atom is 0.203 e. The Morgan fingerprint density at radius 2 is 1.28 bits per heavy atom. The molecule has 0 spiro atoms. The van der Waals surface area contributed by atoms with Crippen LogP contribution in [0.25, 0.3) is 12.2 Å². The first-order chi connectivity index (χ1) is 11.5. The summed E-state index contributed by atoms with van der Waals surface area (Å²) in [6.07, 6.45) is 3.76. The summed E-state index contributed by atoms with van der Waals surface area (Å²) in [5.74, 6) is 2.26. The SMILES string of the molecule is COc1ccc(/C=C\c2cc(OC)c(OC)c(OC)c2)c(N)c1N.Cl. The van der Waals surface area contributed by atoms with Gasteiger partial charge in [-0.15, -0.1) is 12.4 Å². The number of nitrogens with two attached hydrogens (primary N) is 2. The number of benzene rings is 2. The Balaban J connectivity index is 0.00000312. The highest BCUT2D eigenvalue weighted by atomic mass is 35.5. The number of anilines is 2. The number of hydrogen-bond donors (Lipinski definition) is 2. The van der Waals surface area contributed by atoms with Gasteiger partial charge in [-0.1, -0.05) is 12.2 Å². The van der Waals surface area contributed by atoms with E-state index in [9.17, 15) is 0 Å². The van der Waals surface area contributed by atoms with Crippen molar-refractivity contribution in [2.24, 2.45) is 0 Å². The van der Waals surface area contributed by atoms with Gasteiger partial charge in [-0.2, -0.15) is 0 Å². The van der Waals surface area contributed by atoms with Crippen molar-refractivity contribution in [2.45, 2.75) is 0 Å². The second-order valence-electron chi connectivity index (χ2n) is 4.98. The predicted molar refractivity (Wildman–Crippen MR) is 104 cm³/mol. The maximum absolute atomic E-state index is 6.06. The first-order valence-electron chi connectivity index (χ1n) is 7.25. The van der Waals surface area contributed by atoms with Crippen LogP contribution in [0.3, 0.4) is 0 Å². The first-order valence-corrected chi connectivity index (χ1v) is 7.25. The number of methoxy groups -OCH3 is 4. The van der Waals surface area contributed by atoms with Crippen LogP contribution < -0.4 is 30.4 Å². The molecule has 2 rings (SSSR count). The highest BCUT2D eigenvalue weighted by Crippen LogP contribution is 2.39. The normalized spacial score (nSPS) is 10.2. The molecule has 0 atom stereocenters. The molecular weight excluding hydrogens is 344 g/mol. The summed E-state index contributed by atoms with van der Waals surface area (Å²) in [7, 11) is 6.27. The lowest BCUT2D eigenvalue weighted by molar-refractivity contribution is 0.324. The fourth-order valence-corrected chi connectivity index (χ4v) is 2.34. The Morgan fingerprint density at radius 1 is 0.720 bits per heavy atom. The van der Waals surface area contributed by atoms with Crippen molar-refractivity contribution >= 4 is 35.9 Å². The van der Waals surface area contributed by atoms with Crippen LogP contribution in [0, 0.1) is 0 Å². The van der Waals surface area contributed by atoms with E-state index in [1.54, 1.807) is 34.5 Å². The smallest absolute Gasteiger partial charge is 0.203 e. The lowest BCUT2D eigenvalue weighted by Gasteiger charge is -2.13. The summed E-state index contributed by atoms with van der Waals surface area (Å²) in [4.78, 5) is 0. The zero-order valence-electron chi connectivity index (χ0n) is 14.7. The van der Waals surface area contributed by atoms with E-state index in [1.807, 2.05) is 30.4 Å². The van der Waals surface area contributed by atoms with Crippen LogP contribution in [0.4, 0.5) is 11.4 Å². The van der Waals surface area contributed by atoms with Gasteiger partial charge in [0.15, 0.2) is 11.5 Å². The zero-order chi connectivity index (χ0) is 17.7. The fraction of sp³-hybridized carbons (Fsp3) is 0.222. The van der Waals surface area contributed by atoms with E-state index in [-0.39, 0.29) is 12.4 Å². The van der Waals surface area contributed by atoms with Crippen molar-refractivity contribution in [3.05, 3.63) is 35.4 Å². The molecule has 0 heterocycles. The molecule has 0 amide bonds. The lowest BCUT2D eigenvalue weighted by atomic mass is 10.1. The standard InChI is InChI=1S/C18H22N2O4.ClH/c1-21-13-8-7-12(16(19)17(13)20)6-5-11-9-14(22-2)18(24-4)15(10-11)23-3;/h5-10H,19-20H2,1-4H3;1H/b6-5-;. The number of ether oxygens (including phenoxy) is 4. The Morgan fingerprint density at radius 3 is 1.76 bits per heavy atom. The highest BCUT2D eigenvalue weighted by Gasteiger charge is 2.12. The van der Waals surface area contributed by atoms with Gasteiger partial charge >= 0.3 is 0 Å². The summed E-state index contributed by atoms with van der Waals surface area (Å²) < 4.78 is 21.2. The Bertz CT molecular complexity index is 738. The average molecular weight is 367 g/mol. The van der Waals surface area contributed by atoms with E-state index in [4.69, 9.17) is 30.4 Å². The van der Waals surface area contributed by atoms with Gasteiger partial charge in [0.25, 0.3) is 0 Å². The first kappa shape index (κ1) is 20.3. The Labute approximate surface area is 153 Å². The third-order valence-electron chi connectivity index (χ3n) is 3.64. The van der Waals surface area contributed by atoms with Crippen LogP contribution in [-0.2, 0) is 0 Å². The molecule has 0 aliphatic carbocycles. The third-order valence-corrected chi connectivity index (χ3v) is 3.64. The summed E-state index contributed by atoms with van der Waals surface area (Å²) in [6.45, 7) is 0. The molecule has 0 aromatic heterocycles. The van der Waals surface area contributed by atoms with Crippen LogP contribution in [0.5, 0.6) is 23.0 Å². The molecule has 0 aliphatic rings. The number of hydrogen-bond acceptors (Lipinski definition) is 6. The minimum atomic E-state index is 0. The second kappa shape index (κ2) is 8.94. The number of nitrogen functional groups attached to an aromatic ring is 2. The summed E-state index contributed by atoms with van der Waals surface area (Å²) in [5, 5.41) is 0. The highest BCUT2D eigenvalue weighted by molar-refractivity contribution is 5.85. The van der Waals surface area contributed by atoms with Crippen LogP contribution in [-0.4, -0.2) is 28.4 Å². The molecule has 0 saturated heterocycles. The molecule has 25 heavy (non-hydrogen) atoms. The van der Waals surface area contributed by atoms with Crippen LogP contribution >= 0.6 is 12.4 Å². The quantitative estimate of drug-likeness (QED) is 0.601. The molecule has 136 valence electrons. The van der Waals surface area contributed by atoms with Crippen molar-refractivity contribution in [1.82, 2.24) is 0 Å². The van der Waals surface area contributed by atoms with Gasteiger partial charge in [0.05, 0.1) is 39.8 Å². The molecule has 2 aromatic rings. The zero-order valence-corrected chi connectivity index (χ0v) is 15.5. The van der Waals surface area contributed by atoms with E-state index in [0.717, 1.165) is 11.1 Å². The topological polar surface area (TPSA) is 89.0 Å². The van der Waals surface area contributed by atoms with Crippen molar-refractivity contribution in [2.75, 3.05) is 39.9 Å². The molecule has 6 nitrogen and oxygen atoms in total. The van der Waals surface area contributed by atoms with Gasteiger partial charge in [-0.05, 0) is 35.4 Å². The molecular formula is C18H23ClN2O4. The van der Waals surface area contributed by atoms with Gasteiger partial charge in [-0.25, -0.2) is 0 Å². The third kappa shape index (κ3) is 4.22. The van der Waals surface area contributed by atoms with E-state index in [1.165, 1.54) is 0 Å². The van der Waals surface area contributed by atoms with Gasteiger partial charge in [0.1, 0.15) is 5.75 Å². The monoisotopic (exact) mass is 366 g/mol. The molecule has 4 N–H and O–H groups in total. The molecule has 7 heteroatoms. The van der Waals surface area contributed by atoms with Crippen LogP contribution in [0.15, 0.2) is 24.3 Å². The second-order valence-corrected chi connectivity index (χ2v) is 4.98. The molecule has 0 unspecified atom stereocenters. The van der Waals surface area contributed by atoms with E-state index >= 15 is 0 Å². The lowest BCUT2D eigenvalue weighted by Crippen LogP contribution is -2.00. The van der Waals surface area contributed by atoms with Gasteiger partial charge in [0.2, 0.25) is 5.75 Å². The van der Waals surface area contributed by atoms with Crippen molar-refractivity contribution in [1.29, 1.82) is 0 Å². The van der Waals surface area contributed by atoms with Crippen LogP contribution in [0.1, 0.15) is 11.1 Å². The van der Waals surface area contributed by atoms with Crippen molar-refractivity contribution in [3.63, 3.8) is 0 Å². The van der Waals surface area contributed by atoms with Crippen molar-refractivity contribution in [3.8, 4) is 23.0 Å². The van der Waals surface area contributed by atoms with Gasteiger partial charge < -0.3 is 30.4 Å². The summed E-state index contributed by atoms with van der Waals surface area (Å²) in [6, 6.07) is 7.32. The molecule has 0 fully saturated rings. The minimum absolute atomic E-state index is 0. The van der Waals surface area contributed by atoms with E-state index in [2.05, 4.69) is 0 Å². The summed E-state index contributed by atoms with van der Waals surface area (Å²) in [5.41, 5.74) is 14.6.